The average Bonchev–Trinajstić information content (AvgIpc) is 3.27. The van der Waals surface area contributed by atoms with E-state index in [2.05, 4.69) is 15.9 Å². The second kappa shape index (κ2) is 8.98. The molecule has 1 aliphatic rings. The Morgan fingerprint density at radius 1 is 1.13 bits per heavy atom. The summed E-state index contributed by atoms with van der Waals surface area (Å²) in [5, 5.41) is 0. The molecule has 6 nitrogen and oxygen atoms in total. The number of hydrogen-bond donors (Lipinski definition) is 0. The molecule has 2 aromatic carbocycles. The molecule has 0 saturated carbocycles. The second-order valence-electron chi connectivity index (χ2n) is 7.57. The Bertz CT molecular complexity index is 1160. The first-order valence-electron chi connectivity index (χ1n) is 9.98. The minimum Gasteiger partial charge on any atom is -0.467 e. The van der Waals surface area contributed by atoms with Gasteiger partial charge in [-0.2, -0.15) is 4.31 Å². The number of carbonyl (C=O) groups is 1. The molecule has 0 fully saturated rings. The predicted octanol–water partition coefficient (Wildman–Crippen LogP) is 4.38. The van der Waals surface area contributed by atoms with E-state index >= 15 is 0 Å². The van der Waals surface area contributed by atoms with Gasteiger partial charge in [-0.3, -0.25) is 4.79 Å². The first-order valence-corrected chi connectivity index (χ1v) is 12.2. The van der Waals surface area contributed by atoms with Gasteiger partial charge in [-0.15, -0.1) is 0 Å². The zero-order chi connectivity index (χ0) is 22.0. The van der Waals surface area contributed by atoms with Crippen LogP contribution in [-0.4, -0.2) is 37.1 Å². The van der Waals surface area contributed by atoms with Crippen LogP contribution in [0.25, 0.3) is 0 Å². The van der Waals surface area contributed by atoms with Crippen molar-refractivity contribution in [1.29, 1.82) is 0 Å². The lowest BCUT2D eigenvalue weighted by Gasteiger charge is -2.36. The highest BCUT2D eigenvalue weighted by molar-refractivity contribution is 9.10. The van der Waals surface area contributed by atoms with Gasteiger partial charge in [0.1, 0.15) is 5.76 Å². The molecule has 1 atom stereocenters. The van der Waals surface area contributed by atoms with Crippen molar-refractivity contribution in [3.63, 3.8) is 0 Å². The summed E-state index contributed by atoms with van der Waals surface area (Å²) in [6.45, 7) is 0.662. The Kier molecular flexibility index (Phi) is 6.31. The highest BCUT2D eigenvalue weighted by Gasteiger charge is 2.37. The summed E-state index contributed by atoms with van der Waals surface area (Å²) >= 11 is 3.35. The molecule has 3 aromatic rings. The molecule has 4 rings (SSSR count). The van der Waals surface area contributed by atoms with Crippen LogP contribution in [0.1, 0.15) is 29.3 Å². The highest BCUT2D eigenvalue weighted by atomic mass is 79.9. The molecule has 1 amide bonds. The molecule has 1 aromatic heterocycles. The van der Waals surface area contributed by atoms with Crippen molar-refractivity contribution < 1.29 is 17.6 Å². The largest absolute Gasteiger partial charge is 0.467 e. The first kappa shape index (κ1) is 21.8. The molecule has 0 N–H and O–H groups in total. The van der Waals surface area contributed by atoms with Gasteiger partial charge in [-0.1, -0.05) is 40.2 Å². The Morgan fingerprint density at radius 2 is 1.87 bits per heavy atom. The summed E-state index contributed by atoms with van der Waals surface area (Å²) in [4.78, 5) is 14.8. The van der Waals surface area contributed by atoms with E-state index in [0.717, 1.165) is 15.6 Å². The van der Waals surface area contributed by atoms with Crippen LogP contribution < -0.4 is 0 Å². The van der Waals surface area contributed by atoms with Gasteiger partial charge in [0.15, 0.2) is 0 Å². The van der Waals surface area contributed by atoms with Crippen LogP contribution in [0.2, 0.25) is 0 Å². The highest BCUT2D eigenvalue weighted by Crippen LogP contribution is 2.37. The maximum Gasteiger partial charge on any atom is 0.243 e. The average molecular weight is 503 g/mol. The molecule has 162 valence electrons. The number of halogens is 1. The Labute approximate surface area is 190 Å². The summed E-state index contributed by atoms with van der Waals surface area (Å²) in [5.41, 5.74) is 1.96. The fourth-order valence-electron chi connectivity index (χ4n) is 3.92. The second-order valence-corrected chi connectivity index (χ2v) is 10.4. The number of benzene rings is 2. The van der Waals surface area contributed by atoms with E-state index in [1.54, 1.807) is 48.5 Å². The van der Waals surface area contributed by atoms with Gasteiger partial charge in [-0.25, -0.2) is 8.42 Å². The van der Waals surface area contributed by atoms with Crippen molar-refractivity contribution in [2.45, 2.75) is 30.3 Å². The van der Waals surface area contributed by atoms with Crippen molar-refractivity contribution in [2.75, 3.05) is 13.6 Å². The minimum absolute atomic E-state index is 0.0595. The van der Waals surface area contributed by atoms with Gasteiger partial charge >= 0.3 is 0 Å². The summed E-state index contributed by atoms with van der Waals surface area (Å²) in [6, 6.07) is 17.4. The molecule has 2 heterocycles. The number of rotatable bonds is 6. The number of hydrogen-bond acceptors (Lipinski definition) is 4. The molecular weight excluding hydrogens is 480 g/mol. The van der Waals surface area contributed by atoms with E-state index in [-0.39, 0.29) is 17.2 Å². The fraction of sp³-hybridized carbons (Fsp3) is 0.261. The van der Waals surface area contributed by atoms with E-state index < -0.39 is 16.1 Å². The normalized spacial score (nSPS) is 16.6. The maximum atomic E-state index is 13.5. The summed E-state index contributed by atoms with van der Waals surface area (Å²) in [5.74, 6) is 0.536. The molecule has 0 saturated heterocycles. The van der Waals surface area contributed by atoms with Crippen molar-refractivity contribution in [3.05, 3.63) is 88.3 Å². The molecule has 31 heavy (non-hydrogen) atoms. The topological polar surface area (TPSA) is 70.8 Å². The van der Waals surface area contributed by atoms with Gasteiger partial charge in [0.05, 0.1) is 23.7 Å². The summed E-state index contributed by atoms with van der Waals surface area (Å²) < 4.78 is 34.6. The zero-order valence-corrected chi connectivity index (χ0v) is 19.5. The molecule has 1 aliphatic heterocycles. The van der Waals surface area contributed by atoms with E-state index in [1.165, 1.54) is 4.31 Å². The third kappa shape index (κ3) is 4.61. The van der Waals surface area contributed by atoms with Gasteiger partial charge in [-0.05, 0) is 53.9 Å². The van der Waals surface area contributed by atoms with Crippen LogP contribution in [0.4, 0.5) is 0 Å². The predicted molar refractivity (Wildman–Crippen MR) is 121 cm³/mol. The molecule has 0 unspecified atom stereocenters. The van der Waals surface area contributed by atoms with Crippen LogP contribution in [0, 0.1) is 0 Å². The van der Waals surface area contributed by atoms with Gasteiger partial charge < -0.3 is 9.32 Å². The Morgan fingerprint density at radius 3 is 2.58 bits per heavy atom. The van der Waals surface area contributed by atoms with Crippen LogP contribution in [0.15, 0.2) is 80.7 Å². The quantitative estimate of drug-likeness (QED) is 0.501. The number of fused-ring (bicyclic) bond motifs is 1. The lowest BCUT2D eigenvalue weighted by atomic mass is 9.92. The van der Waals surface area contributed by atoms with Gasteiger partial charge in [0.25, 0.3) is 0 Å². The smallest absolute Gasteiger partial charge is 0.243 e. The molecule has 8 heteroatoms. The van der Waals surface area contributed by atoms with Gasteiger partial charge in [0.2, 0.25) is 15.9 Å². The molecule has 0 spiro atoms. The Balaban J connectivity index is 1.65. The maximum absolute atomic E-state index is 13.5. The lowest BCUT2D eigenvalue weighted by molar-refractivity contribution is -0.131. The molecule has 0 aliphatic carbocycles. The minimum atomic E-state index is -3.77. The summed E-state index contributed by atoms with van der Waals surface area (Å²) in [7, 11) is -2.07. The number of nitrogens with zero attached hydrogens (tertiary/aromatic N) is 2. The van der Waals surface area contributed by atoms with E-state index in [9.17, 15) is 13.2 Å². The van der Waals surface area contributed by atoms with Crippen LogP contribution in [0.3, 0.4) is 0 Å². The summed E-state index contributed by atoms with van der Waals surface area (Å²) in [6.07, 6.45) is 2.24. The van der Waals surface area contributed by atoms with E-state index in [0.29, 0.717) is 25.3 Å². The molecule has 0 radical (unpaired) electrons. The third-order valence-electron chi connectivity index (χ3n) is 5.55. The van der Waals surface area contributed by atoms with Crippen LogP contribution in [0.5, 0.6) is 0 Å². The fourth-order valence-corrected chi connectivity index (χ4v) is 5.79. The SMILES string of the molecule is CN(Cc1ccco1)C(=O)C[C@H]1c2ccccc2CCN1S(=O)(=O)c1ccc(Br)cc1. The van der Waals surface area contributed by atoms with Crippen molar-refractivity contribution in [1.82, 2.24) is 9.21 Å². The van der Waals surface area contributed by atoms with Crippen molar-refractivity contribution >= 4 is 31.9 Å². The van der Waals surface area contributed by atoms with Gasteiger partial charge in [0, 0.05) is 24.5 Å². The first-order chi connectivity index (χ1) is 14.9. The van der Waals surface area contributed by atoms with Crippen LogP contribution in [-0.2, 0) is 27.8 Å². The van der Waals surface area contributed by atoms with Crippen molar-refractivity contribution in [3.8, 4) is 0 Å². The number of furan rings is 1. The van der Waals surface area contributed by atoms with E-state index in [1.807, 2.05) is 30.3 Å². The Hall–Kier alpha value is -2.42. The zero-order valence-electron chi connectivity index (χ0n) is 17.1. The van der Waals surface area contributed by atoms with Crippen LogP contribution >= 0.6 is 15.9 Å². The monoisotopic (exact) mass is 502 g/mol. The third-order valence-corrected chi connectivity index (χ3v) is 8.00. The van der Waals surface area contributed by atoms with Crippen molar-refractivity contribution in [2.24, 2.45) is 0 Å². The molecular formula is C23H23BrN2O4S. The standard InChI is InChI=1S/C23H23BrN2O4S/c1-25(16-19-6-4-14-30-19)23(27)15-22-21-7-3-2-5-17(21)12-13-26(22)31(28,29)20-10-8-18(24)9-11-20/h2-11,14,22H,12-13,15-16H2,1H3/t22-/m0/s1. The number of sulfonamides is 1. The molecule has 0 bridgehead atoms. The number of amides is 1. The lowest BCUT2D eigenvalue weighted by Crippen LogP contribution is -2.42. The number of carbonyl (C=O) groups excluding carboxylic acids is 1. The van der Waals surface area contributed by atoms with E-state index in [4.69, 9.17) is 4.42 Å².